The summed E-state index contributed by atoms with van der Waals surface area (Å²) in [7, 11) is 1.54. The molecule has 188 valence electrons. The molecule has 2 atom stereocenters. The first-order valence-electron chi connectivity index (χ1n) is 12.2. The molecule has 2 aromatic heterocycles. The minimum Gasteiger partial charge on any atom is -0.341 e. The van der Waals surface area contributed by atoms with Crippen LogP contribution in [-0.2, 0) is 7.05 Å². The van der Waals surface area contributed by atoms with Crippen molar-refractivity contribution in [2.45, 2.75) is 31.3 Å². The van der Waals surface area contributed by atoms with Gasteiger partial charge < -0.3 is 10.6 Å². The van der Waals surface area contributed by atoms with Gasteiger partial charge >= 0.3 is 5.69 Å². The van der Waals surface area contributed by atoms with Crippen molar-refractivity contribution in [1.29, 1.82) is 5.26 Å². The fourth-order valence-electron chi connectivity index (χ4n) is 5.05. The van der Waals surface area contributed by atoms with E-state index >= 15 is 0 Å². The molecule has 1 aliphatic heterocycles. The number of H-pyrrole nitrogens is 1. The van der Waals surface area contributed by atoms with Crippen LogP contribution in [0.4, 0.5) is 5.95 Å². The lowest BCUT2D eigenvalue weighted by Gasteiger charge is -2.33. The molecule has 0 bridgehead atoms. The topological polar surface area (TPSA) is 143 Å². The Kier molecular flexibility index (Phi) is 6.46. The van der Waals surface area contributed by atoms with Crippen molar-refractivity contribution < 1.29 is 4.79 Å². The molecule has 10 nitrogen and oxygen atoms in total. The van der Waals surface area contributed by atoms with Crippen LogP contribution in [0.5, 0.6) is 0 Å². The molecule has 0 amide bonds. The van der Waals surface area contributed by atoms with E-state index in [0.717, 1.165) is 12.8 Å². The summed E-state index contributed by atoms with van der Waals surface area (Å²) in [4.78, 5) is 48.3. The maximum atomic E-state index is 13.5. The van der Waals surface area contributed by atoms with Gasteiger partial charge in [-0.15, -0.1) is 0 Å². The molecular formula is C27H27N7O3. The van der Waals surface area contributed by atoms with Crippen molar-refractivity contribution >= 4 is 22.9 Å². The van der Waals surface area contributed by atoms with E-state index in [9.17, 15) is 19.6 Å². The lowest BCUT2D eigenvalue weighted by molar-refractivity contribution is 0.0970. The van der Waals surface area contributed by atoms with Crippen LogP contribution in [0, 0.1) is 11.3 Å². The zero-order valence-electron chi connectivity index (χ0n) is 20.4. The van der Waals surface area contributed by atoms with Crippen LogP contribution in [0.25, 0.3) is 11.2 Å². The number of fused-ring (bicyclic) bond motifs is 1. The van der Waals surface area contributed by atoms with Gasteiger partial charge in [-0.1, -0.05) is 48.5 Å². The first-order valence-corrected chi connectivity index (χ1v) is 12.2. The maximum absolute atomic E-state index is 13.5. The number of hydrogen-bond donors (Lipinski definition) is 2. The Balaban J connectivity index is 1.80. The normalized spacial score (nSPS) is 16.5. The van der Waals surface area contributed by atoms with Crippen LogP contribution in [-0.4, -0.2) is 44.0 Å². The van der Waals surface area contributed by atoms with Crippen LogP contribution in [0.3, 0.4) is 0 Å². The number of anilines is 1. The molecule has 0 spiro atoms. The number of ketones is 1. The second-order valence-corrected chi connectivity index (χ2v) is 9.33. The van der Waals surface area contributed by atoms with Crippen molar-refractivity contribution in [3.8, 4) is 6.07 Å². The predicted molar refractivity (Wildman–Crippen MR) is 140 cm³/mol. The molecule has 0 radical (unpaired) electrons. The number of aromatic amines is 1. The molecule has 37 heavy (non-hydrogen) atoms. The monoisotopic (exact) mass is 497 g/mol. The third-order valence-corrected chi connectivity index (χ3v) is 6.90. The minimum atomic E-state index is -0.736. The van der Waals surface area contributed by atoms with E-state index in [1.807, 2.05) is 11.0 Å². The van der Waals surface area contributed by atoms with Crippen molar-refractivity contribution in [1.82, 2.24) is 19.1 Å². The van der Waals surface area contributed by atoms with Crippen LogP contribution in [0.1, 0.15) is 46.8 Å². The smallest absolute Gasteiger partial charge is 0.329 e. The third-order valence-electron chi connectivity index (χ3n) is 6.90. The van der Waals surface area contributed by atoms with Gasteiger partial charge in [0, 0.05) is 38.2 Å². The van der Waals surface area contributed by atoms with Crippen molar-refractivity contribution in [2.24, 2.45) is 12.8 Å². The Bertz CT molecular complexity index is 1630. The number of nitrogens with two attached hydrogens (primary N) is 1. The average Bonchev–Trinajstić information content (AvgIpc) is 3.32. The highest BCUT2D eigenvalue weighted by Crippen LogP contribution is 2.34. The first kappa shape index (κ1) is 24.2. The lowest BCUT2D eigenvalue weighted by Crippen LogP contribution is -2.44. The minimum absolute atomic E-state index is 0.0245. The SMILES string of the molecule is Cn1c(=O)[nH]c(=O)c2c1nc(N1CCCC(N)C1)n2C(CC(=O)c1ccccc1)c1ccccc1C#N. The Hall–Kier alpha value is -4.49. The zero-order chi connectivity index (χ0) is 26.1. The number of benzene rings is 2. The number of carbonyl (C=O) groups is 1. The number of aryl methyl sites for hydroxylation is 1. The fraction of sp³-hybridized carbons (Fsp3) is 0.296. The van der Waals surface area contributed by atoms with E-state index in [2.05, 4.69) is 11.1 Å². The Morgan fingerprint density at radius 1 is 1.19 bits per heavy atom. The van der Waals surface area contributed by atoms with E-state index in [1.165, 1.54) is 11.6 Å². The van der Waals surface area contributed by atoms with E-state index in [1.54, 1.807) is 53.1 Å². The summed E-state index contributed by atoms with van der Waals surface area (Å²) >= 11 is 0. The van der Waals surface area contributed by atoms with Gasteiger partial charge in [0.1, 0.15) is 0 Å². The third kappa shape index (κ3) is 4.45. The van der Waals surface area contributed by atoms with Gasteiger partial charge in [-0.3, -0.25) is 23.7 Å². The number of nitrogens with zero attached hydrogens (tertiary/aromatic N) is 5. The number of rotatable bonds is 6. The second kappa shape index (κ2) is 9.87. The number of carbonyl (C=O) groups excluding carboxylic acids is 1. The summed E-state index contributed by atoms with van der Waals surface area (Å²) in [6.07, 6.45) is 1.67. The number of piperidine rings is 1. The average molecular weight is 498 g/mol. The van der Waals surface area contributed by atoms with Crippen LogP contribution in [0.15, 0.2) is 64.2 Å². The molecule has 2 aromatic carbocycles. The number of imidazole rings is 1. The van der Waals surface area contributed by atoms with Crippen LogP contribution in [0.2, 0.25) is 0 Å². The van der Waals surface area contributed by atoms with Crippen LogP contribution >= 0.6 is 0 Å². The predicted octanol–water partition coefficient (Wildman–Crippen LogP) is 2.08. The van der Waals surface area contributed by atoms with Gasteiger partial charge in [-0.2, -0.15) is 10.2 Å². The molecular weight excluding hydrogens is 470 g/mol. The van der Waals surface area contributed by atoms with Gasteiger partial charge in [0.2, 0.25) is 5.95 Å². The molecule has 0 aliphatic carbocycles. The molecule has 1 aliphatic rings. The van der Waals surface area contributed by atoms with E-state index in [4.69, 9.17) is 10.7 Å². The summed E-state index contributed by atoms with van der Waals surface area (Å²) in [5.74, 6) is 0.290. The van der Waals surface area contributed by atoms with E-state index < -0.39 is 17.3 Å². The molecule has 10 heteroatoms. The number of Topliss-reactive ketones (excluding diaryl/α,β-unsaturated/α-hetero) is 1. The maximum Gasteiger partial charge on any atom is 0.329 e. The largest absolute Gasteiger partial charge is 0.341 e. The summed E-state index contributed by atoms with van der Waals surface area (Å²) in [5.41, 5.74) is 6.95. The van der Waals surface area contributed by atoms with Gasteiger partial charge in [0.05, 0.1) is 17.7 Å². The molecule has 3 N–H and O–H groups in total. The summed E-state index contributed by atoms with van der Waals surface area (Å²) in [6.45, 7) is 1.16. The second-order valence-electron chi connectivity index (χ2n) is 9.33. The quantitative estimate of drug-likeness (QED) is 0.388. The van der Waals surface area contributed by atoms with Gasteiger partial charge in [0.25, 0.3) is 5.56 Å². The highest BCUT2D eigenvalue weighted by molar-refractivity contribution is 5.96. The Morgan fingerprint density at radius 3 is 2.65 bits per heavy atom. The summed E-state index contributed by atoms with van der Waals surface area (Å²) in [5, 5.41) is 9.92. The van der Waals surface area contributed by atoms with Gasteiger partial charge in [-0.05, 0) is 24.5 Å². The number of aromatic nitrogens is 4. The standard InChI is InChI=1S/C27H27N7O3/c1-32-24-23(25(36)31-27(32)37)34(26(30-24)33-13-7-11-19(29)16-33)21(20-12-6-5-10-18(20)15-28)14-22(35)17-8-3-2-4-9-17/h2-6,8-10,12,19,21H,7,11,13-14,16,29H2,1H3,(H,31,36,37). The summed E-state index contributed by atoms with van der Waals surface area (Å²) in [6, 6.07) is 17.3. The summed E-state index contributed by atoms with van der Waals surface area (Å²) < 4.78 is 3.00. The molecule has 0 saturated carbocycles. The molecule has 1 saturated heterocycles. The lowest BCUT2D eigenvalue weighted by atomic mass is 9.94. The van der Waals surface area contributed by atoms with Crippen molar-refractivity contribution in [2.75, 3.05) is 18.0 Å². The number of nitriles is 1. The van der Waals surface area contributed by atoms with Crippen molar-refractivity contribution in [3.63, 3.8) is 0 Å². The van der Waals surface area contributed by atoms with Crippen molar-refractivity contribution in [3.05, 3.63) is 92.1 Å². The molecule has 2 unspecified atom stereocenters. The Labute approximate surface area is 212 Å². The van der Waals surface area contributed by atoms with Crippen LogP contribution < -0.4 is 21.9 Å². The molecule has 1 fully saturated rings. The fourth-order valence-corrected chi connectivity index (χ4v) is 5.05. The Morgan fingerprint density at radius 2 is 1.92 bits per heavy atom. The highest BCUT2D eigenvalue weighted by atomic mass is 16.2. The van der Waals surface area contributed by atoms with E-state index in [-0.39, 0.29) is 29.4 Å². The first-order chi connectivity index (χ1) is 17.9. The number of nitrogens with one attached hydrogen (secondary N) is 1. The van der Waals surface area contributed by atoms with Gasteiger partial charge in [0.15, 0.2) is 16.9 Å². The number of hydrogen-bond acceptors (Lipinski definition) is 7. The highest BCUT2D eigenvalue weighted by Gasteiger charge is 2.32. The van der Waals surface area contributed by atoms with Gasteiger partial charge in [-0.25, -0.2) is 4.79 Å². The molecule has 5 rings (SSSR count). The molecule has 4 aromatic rings. The van der Waals surface area contributed by atoms with E-state index in [0.29, 0.717) is 35.7 Å². The molecule has 3 heterocycles. The zero-order valence-corrected chi connectivity index (χ0v) is 20.4.